The highest BCUT2D eigenvalue weighted by Crippen LogP contribution is 2.33. The van der Waals surface area contributed by atoms with Gasteiger partial charge in [0.2, 0.25) is 5.82 Å². The van der Waals surface area contributed by atoms with Crippen LogP contribution < -0.4 is 5.32 Å². The Balaban J connectivity index is 1.27. The van der Waals surface area contributed by atoms with Crippen LogP contribution in [-0.4, -0.2) is 38.7 Å². The van der Waals surface area contributed by atoms with Gasteiger partial charge < -0.3 is 9.88 Å². The molecule has 3 aromatic rings. The van der Waals surface area contributed by atoms with Crippen LogP contribution in [0.15, 0.2) is 54.6 Å². The summed E-state index contributed by atoms with van der Waals surface area (Å²) in [5.41, 5.74) is 2.04. The van der Waals surface area contributed by atoms with E-state index in [1.165, 1.54) is 5.56 Å². The van der Waals surface area contributed by atoms with E-state index in [0.717, 1.165) is 49.1 Å². The predicted molar refractivity (Wildman–Crippen MR) is 112 cm³/mol. The summed E-state index contributed by atoms with van der Waals surface area (Å²) in [6, 6.07) is 17.5. The number of halogens is 1. The Morgan fingerprint density at radius 1 is 1.00 bits per heavy atom. The van der Waals surface area contributed by atoms with E-state index < -0.39 is 0 Å². The van der Waals surface area contributed by atoms with Gasteiger partial charge in [0.1, 0.15) is 5.82 Å². The zero-order valence-corrected chi connectivity index (χ0v) is 16.7. The molecule has 1 amide bonds. The Hall–Kier alpha value is -2.70. The van der Waals surface area contributed by atoms with Crippen molar-refractivity contribution in [2.75, 3.05) is 18.4 Å². The molecule has 0 aliphatic carbocycles. The number of likely N-dealkylation sites (tertiary alicyclic amines) is 1. The molecule has 2 aromatic carbocycles. The fourth-order valence-corrected chi connectivity index (χ4v) is 4.60. The summed E-state index contributed by atoms with van der Waals surface area (Å²) < 4.78 is 2.01. The minimum Gasteiger partial charge on any atom is -0.319 e. The summed E-state index contributed by atoms with van der Waals surface area (Å²) in [4.78, 5) is 15.2. The minimum atomic E-state index is -0.204. The molecule has 7 heteroatoms. The van der Waals surface area contributed by atoms with Crippen molar-refractivity contribution >= 4 is 23.2 Å². The summed E-state index contributed by atoms with van der Waals surface area (Å²) in [5, 5.41) is 12.2. The number of aromatic nitrogens is 3. The third-order valence-corrected chi connectivity index (χ3v) is 6.15. The summed E-state index contributed by atoms with van der Waals surface area (Å²) >= 11 is 6.00. The minimum absolute atomic E-state index is 0.204. The van der Waals surface area contributed by atoms with Gasteiger partial charge in [-0.3, -0.25) is 9.69 Å². The number of carbonyl (C=O) groups is 1. The second-order valence-electron chi connectivity index (χ2n) is 7.92. The van der Waals surface area contributed by atoms with Gasteiger partial charge in [-0.25, -0.2) is 0 Å². The van der Waals surface area contributed by atoms with E-state index in [4.69, 9.17) is 11.6 Å². The maximum absolute atomic E-state index is 12.7. The van der Waals surface area contributed by atoms with Gasteiger partial charge in [0.25, 0.3) is 5.91 Å². The van der Waals surface area contributed by atoms with Crippen molar-refractivity contribution < 1.29 is 4.79 Å². The van der Waals surface area contributed by atoms with E-state index in [0.29, 0.717) is 17.7 Å². The highest BCUT2D eigenvalue weighted by atomic mass is 35.5. The molecule has 2 unspecified atom stereocenters. The highest BCUT2D eigenvalue weighted by molar-refractivity contribution is 6.30. The van der Waals surface area contributed by atoms with Crippen LogP contribution in [0.2, 0.25) is 5.02 Å². The standard InChI is InChI=1S/C22H22ClN5O/c23-18-8-6-15(7-9-18)11-27-12-16-10-20-25-26-21(28(20)14-17(16)13-27)22(29)24-19-4-2-1-3-5-19/h1-9,16-17H,10-14H2,(H,24,29). The fourth-order valence-electron chi connectivity index (χ4n) is 4.47. The van der Waals surface area contributed by atoms with Crippen LogP contribution in [-0.2, 0) is 19.5 Å². The first kappa shape index (κ1) is 18.3. The molecule has 0 radical (unpaired) electrons. The first-order chi connectivity index (χ1) is 14.2. The lowest BCUT2D eigenvalue weighted by atomic mass is 9.89. The van der Waals surface area contributed by atoms with Crippen molar-refractivity contribution in [3.8, 4) is 0 Å². The summed E-state index contributed by atoms with van der Waals surface area (Å²) in [6.07, 6.45) is 0.868. The van der Waals surface area contributed by atoms with E-state index in [1.54, 1.807) is 0 Å². The van der Waals surface area contributed by atoms with Gasteiger partial charge in [0, 0.05) is 43.3 Å². The Kier molecular flexibility index (Phi) is 4.81. The molecule has 0 spiro atoms. The number of hydrogen-bond donors (Lipinski definition) is 1. The molecule has 1 N–H and O–H groups in total. The average molecular weight is 408 g/mol. The molecular weight excluding hydrogens is 386 g/mol. The molecule has 6 nitrogen and oxygen atoms in total. The molecule has 0 saturated carbocycles. The normalized spacial score (nSPS) is 20.9. The molecule has 5 rings (SSSR count). The van der Waals surface area contributed by atoms with Crippen molar-refractivity contribution in [3.05, 3.63) is 76.8 Å². The van der Waals surface area contributed by atoms with E-state index in [2.05, 4.69) is 32.5 Å². The molecule has 0 bridgehead atoms. The van der Waals surface area contributed by atoms with Crippen LogP contribution in [0.1, 0.15) is 22.0 Å². The quantitative estimate of drug-likeness (QED) is 0.719. The van der Waals surface area contributed by atoms with Gasteiger partial charge in [-0.2, -0.15) is 0 Å². The molecule has 2 aliphatic heterocycles. The van der Waals surface area contributed by atoms with E-state index >= 15 is 0 Å². The van der Waals surface area contributed by atoms with E-state index in [9.17, 15) is 4.79 Å². The number of nitrogens with zero attached hydrogens (tertiary/aromatic N) is 4. The Morgan fingerprint density at radius 2 is 1.76 bits per heavy atom. The zero-order valence-electron chi connectivity index (χ0n) is 16.0. The number of benzene rings is 2. The zero-order chi connectivity index (χ0) is 19.8. The molecule has 1 aromatic heterocycles. The highest BCUT2D eigenvalue weighted by Gasteiger charge is 2.39. The number of carbonyl (C=O) groups excluding carboxylic acids is 1. The van der Waals surface area contributed by atoms with Crippen molar-refractivity contribution in [2.24, 2.45) is 11.8 Å². The van der Waals surface area contributed by atoms with Crippen LogP contribution >= 0.6 is 11.6 Å². The van der Waals surface area contributed by atoms with Crippen LogP contribution in [0.25, 0.3) is 0 Å². The maximum atomic E-state index is 12.7. The van der Waals surface area contributed by atoms with Crippen molar-refractivity contribution in [3.63, 3.8) is 0 Å². The summed E-state index contributed by atoms with van der Waals surface area (Å²) in [5.74, 6) is 2.18. The number of rotatable bonds is 4. The third-order valence-electron chi connectivity index (χ3n) is 5.90. The Labute approximate surface area is 174 Å². The fraction of sp³-hybridized carbons (Fsp3) is 0.318. The topological polar surface area (TPSA) is 63.1 Å². The first-order valence-corrected chi connectivity index (χ1v) is 10.3. The van der Waals surface area contributed by atoms with Crippen molar-refractivity contribution in [1.82, 2.24) is 19.7 Å². The second-order valence-corrected chi connectivity index (χ2v) is 8.35. The Bertz CT molecular complexity index is 1020. The van der Waals surface area contributed by atoms with Crippen molar-refractivity contribution in [1.29, 1.82) is 0 Å². The second kappa shape index (κ2) is 7.61. The SMILES string of the molecule is O=C(Nc1ccccc1)c1nnc2n1CC1CN(Cc3ccc(Cl)cc3)CC1C2. The summed E-state index contributed by atoms with van der Waals surface area (Å²) in [6.45, 7) is 3.78. The van der Waals surface area contributed by atoms with Crippen LogP contribution in [0.4, 0.5) is 5.69 Å². The van der Waals surface area contributed by atoms with Gasteiger partial charge >= 0.3 is 0 Å². The molecule has 2 aliphatic rings. The number of anilines is 1. The largest absolute Gasteiger partial charge is 0.319 e. The lowest BCUT2D eigenvalue weighted by Crippen LogP contribution is -2.31. The van der Waals surface area contributed by atoms with Gasteiger partial charge in [-0.15, -0.1) is 10.2 Å². The van der Waals surface area contributed by atoms with Gasteiger partial charge in [-0.1, -0.05) is 41.9 Å². The molecule has 148 valence electrons. The van der Waals surface area contributed by atoms with Crippen LogP contribution in [0, 0.1) is 11.8 Å². The van der Waals surface area contributed by atoms with E-state index in [1.807, 2.05) is 47.0 Å². The summed E-state index contributed by atoms with van der Waals surface area (Å²) in [7, 11) is 0. The lowest BCUT2D eigenvalue weighted by molar-refractivity contribution is 0.100. The van der Waals surface area contributed by atoms with E-state index in [-0.39, 0.29) is 5.91 Å². The van der Waals surface area contributed by atoms with Crippen molar-refractivity contribution in [2.45, 2.75) is 19.5 Å². The molecule has 1 saturated heterocycles. The maximum Gasteiger partial charge on any atom is 0.293 e. The third kappa shape index (κ3) is 3.78. The number of amides is 1. The molecule has 2 atom stereocenters. The number of hydrogen-bond acceptors (Lipinski definition) is 4. The first-order valence-electron chi connectivity index (χ1n) is 9.91. The monoisotopic (exact) mass is 407 g/mol. The average Bonchev–Trinajstić information content (AvgIpc) is 3.31. The number of fused-ring (bicyclic) bond motifs is 2. The molecule has 3 heterocycles. The molecular formula is C22H22ClN5O. The smallest absolute Gasteiger partial charge is 0.293 e. The van der Waals surface area contributed by atoms with Gasteiger partial charge in [-0.05, 0) is 41.7 Å². The lowest BCUT2D eigenvalue weighted by Gasteiger charge is -2.25. The number of nitrogens with one attached hydrogen (secondary N) is 1. The number of para-hydroxylation sites is 1. The van der Waals surface area contributed by atoms with Crippen LogP contribution in [0.5, 0.6) is 0 Å². The molecule has 1 fully saturated rings. The van der Waals surface area contributed by atoms with Gasteiger partial charge in [0.15, 0.2) is 0 Å². The van der Waals surface area contributed by atoms with Crippen LogP contribution in [0.3, 0.4) is 0 Å². The molecule has 29 heavy (non-hydrogen) atoms. The Morgan fingerprint density at radius 3 is 2.55 bits per heavy atom. The van der Waals surface area contributed by atoms with Gasteiger partial charge in [0.05, 0.1) is 0 Å². The predicted octanol–water partition coefficient (Wildman–Crippen LogP) is 3.49.